The summed E-state index contributed by atoms with van der Waals surface area (Å²) < 4.78 is 9.15. The average Bonchev–Trinajstić information content (AvgIpc) is 2.64. The van der Waals surface area contributed by atoms with Crippen molar-refractivity contribution in [1.82, 2.24) is 0 Å². The van der Waals surface area contributed by atoms with E-state index in [1.165, 1.54) is 6.92 Å². The van der Waals surface area contributed by atoms with E-state index in [-0.39, 0.29) is 30.9 Å². The Labute approximate surface area is 104 Å². The molecular formula is C12H13NO5. The molecule has 0 unspecified atom stereocenters. The predicted molar refractivity (Wildman–Crippen MR) is 62.8 cm³/mol. The normalized spacial score (nSPS) is 12.1. The Kier molecular flexibility index (Phi) is 5.01. The SMILES string of the molecule is CC(=O)OCCO.N=C1Oc2ccccc2C1=O. The van der Waals surface area contributed by atoms with Crippen molar-refractivity contribution >= 4 is 17.7 Å². The van der Waals surface area contributed by atoms with Crippen molar-refractivity contribution in [2.75, 3.05) is 13.2 Å². The molecule has 18 heavy (non-hydrogen) atoms. The Bertz CT molecular complexity index is 469. The Morgan fingerprint density at radius 3 is 2.61 bits per heavy atom. The van der Waals surface area contributed by atoms with Crippen molar-refractivity contribution in [3.8, 4) is 5.75 Å². The predicted octanol–water partition coefficient (Wildman–Crippen LogP) is 0.781. The van der Waals surface area contributed by atoms with Crippen LogP contribution in [0.4, 0.5) is 0 Å². The summed E-state index contributed by atoms with van der Waals surface area (Å²) in [4.78, 5) is 20.9. The van der Waals surface area contributed by atoms with Gasteiger partial charge in [-0.05, 0) is 12.1 Å². The topological polar surface area (TPSA) is 96.7 Å². The van der Waals surface area contributed by atoms with Gasteiger partial charge in [0.15, 0.2) is 0 Å². The molecule has 0 fully saturated rings. The molecule has 6 nitrogen and oxygen atoms in total. The Hall–Kier alpha value is -2.21. The van der Waals surface area contributed by atoms with Crippen LogP contribution in [0.25, 0.3) is 0 Å². The van der Waals surface area contributed by atoms with E-state index in [2.05, 4.69) is 4.74 Å². The average molecular weight is 251 g/mol. The number of nitrogens with one attached hydrogen (secondary N) is 1. The van der Waals surface area contributed by atoms with Crippen molar-refractivity contribution in [3.05, 3.63) is 29.8 Å². The van der Waals surface area contributed by atoms with Crippen LogP contribution >= 0.6 is 0 Å². The number of ketones is 1. The molecule has 0 aromatic heterocycles. The van der Waals surface area contributed by atoms with Gasteiger partial charge >= 0.3 is 5.97 Å². The largest absolute Gasteiger partial charge is 0.463 e. The molecule has 2 N–H and O–H groups in total. The van der Waals surface area contributed by atoms with Gasteiger partial charge in [0.05, 0.1) is 12.2 Å². The lowest BCUT2D eigenvalue weighted by atomic mass is 10.1. The summed E-state index contributed by atoms with van der Waals surface area (Å²) in [5.41, 5.74) is 0.484. The molecular weight excluding hydrogens is 238 g/mol. The van der Waals surface area contributed by atoms with Gasteiger partial charge in [-0.1, -0.05) is 12.1 Å². The van der Waals surface area contributed by atoms with Crippen LogP contribution in [0.2, 0.25) is 0 Å². The fourth-order valence-electron chi connectivity index (χ4n) is 1.21. The lowest BCUT2D eigenvalue weighted by molar-refractivity contribution is -0.141. The van der Waals surface area contributed by atoms with Gasteiger partial charge in [-0.15, -0.1) is 0 Å². The van der Waals surface area contributed by atoms with E-state index < -0.39 is 0 Å². The fourth-order valence-corrected chi connectivity index (χ4v) is 1.21. The van der Waals surface area contributed by atoms with E-state index in [0.29, 0.717) is 11.3 Å². The molecule has 1 heterocycles. The van der Waals surface area contributed by atoms with Crippen LogP contribution in [0.1, 0.15) is 17.3 Å². The number of fused-ring (bicyclic) bond motifs is 1. The number of hydrogen-bond donors (Lipinski definition) is 2. The van der Waals surface area contributed by atoms with Gasteiger partial charge < -0.3 is 14.6 Å². The number of rotatable bonds is 2. The Morgan fingerprint density at radius 1 is 1.44 bits per heavy atom. The van der Waals surface area contributed by atoms with Crippen LogP contribution in [-0.2, 0) is 9.53 Å². The number of aliphatic hydroxyl groups excluding tert-OH is 1. The quantitative estimate of drug-likeness (QED) is 0.757. The first-order valence-corrected chi connectivity index (χ1v) is 5.20. The zero-order valence-corrected chi connectivity index (χ0v) is 9.80. The number of hydrogen-bond acceptors (Lipinski definition) is 6. The number of carbonyl (C=O) groups is 2. The lowest BCUT2D eigenvalue weighted by Crippen LogP contribution is -2.09. The van der Waals surface area contributed by atoms with E-state index in [9.17, 15) is 9.59 Å². The van der Waals surface area contributed by atoms with Crippen molar-refractivity contribution in [3.63, 3.8) is 0 Å². The number of para-hydroxylation sites is 1. The lowest BCUT2D eigenvalue weighted by Gasteiger charge is -1.93. The van der Waals surface area contributed by atoms with Crippen LogP contribution in [0.5, 0.6) is 5.75 Å². The third-order valence-electron chi connectivity index (χ3n) is 1.95. The molecule has 1 aromatic carbocycles. The van der Waals surface area contributed by atoms with Gasteiger partial charge in [-0.25, -0.2) is 0 Å². The highest BCUT2D eigenvalue weighted by Gasteiger charge is 2.26. The van der Waals surface area contributed by atoms with Crippen LogP contribution in [0.3, 0.4) is 0 Å². The smallest absolute Gasteiger partial charge is 0.302 e. The number of esters is 1. The third-order valence-corrected chi connectivity index (χ3v) is 1.95. The number of Topliss-reactive ketones (excluding diaryl/α,β-unsaturated/α-hetero) is 1. The second kappa shape index (κ2) is 6.51. The second-order valence-corrected chi connectivity index (χ2v) is 3.32. The zero-order valence-electron chi connectivity index (χ0n) is 9.80. The summed E-state index contributed by atoms with van der Waals surface area (Å²) in [5.74, 6) is -0.483. The summed E-state index contributed by atoms with van der Waals surface area (Å²) in [5, 5.41) is 15.1. The van der Waals surface area contributed by atoms with Gasteiger partial charge in [0.25, 0.3) is 11.7 Å². The van der Waals surface area contributed by atoms with Gasteiger partial charge in [0.1, 0.15) is 12.4 Å². The van der Waals surface area contributed by atoms with Gasteiger partial charge in [0, 0.05) is 6.92 Å². The van der Waals surface area contributed by atoms with E-state index in [1.807, 2.05) is 0 Å². The Morgan fingerprint density at radius 2 is 2.11 bits per heavy atom. The maximum absolute atomic E-state index is 11.0. The highest BCUT2D eigenvalue weighted by atomic mass is 16.5. The van der Waals surface area contributed by atoms with Crippen LogP contribution in [-0.4, -0.2) is 36.0 Å². The number of carbonyl (C=O) groups excluding carboxylic acids is 2. The highest BCUT2D eigenvalue weighted by Crippen LogP contribution is 2.24. The molecule has 0 aliphatic carbocycles. The zero-order chi connectivity index (χ0) is 13.5. The van der Waals surface area contributed by atoms with E-state index in [1.54, 1.807) is 24.3 Å². The van der Waals surface area contributed by atoms with Crippen molar-refractivity contribution in [2.45, 2.75) is 6.92 Å². The maximum atomic E-state index is 11.0. The summed E-state index contributed by atoms with van der Waals surface area (Å²) in [6.45, 7) is 1.31. The fraction of sp³-hybridized carbons (Fsp3) is 0.250. The standard InChI is InChI=1S/C8H5NO2.C4H8O3/c9-8-7(10)5-3-1-2-4-6(5)11-8;1-4(6)7-3-2-5/h1-4,9H;5H,2-3H2,1H3. The maximum Gasteiger partial charge on any atom is 0.302 e. The van der Waals surface area contributed by atoms with Crippen LogP contribution in [0, 0.1) is 5.41 Å². The second-order valence-electron chi connectivity index (χ2n) is 3.32. The first kappa shape index (κ1) is 13.9. The minimum atomic E-state index is -0.353. The molecule has 0 radical (unpaired) electrons. The molecule has 6 heteroatoms. The molecule has 0 spiro atoms. The minimum Gasteiger partial charge on any atom is -0.463 e. The minimum absolute atomic E-state index is 0.0976. The molecule has 1 aromatic rings. The highest BCUT2D eigenvalue weighted by molar-refractivity contribution is 6.45. The first-order chi connectivity index (χ1) is 8.56. The van der Waals surface area contributed by atoms with Crippen LogP contribution in [0.15, 0.2) is 24.3 Å². The monoisotopic (exact) mass is 251 g/mol. The van der Waals surface area contributed by atoms with Crippen molar-refractivity contribution < 1.29 is 24.2 Å². The van der Waals surface area contributed by atoms with Crippen LogP contribution < -0.4 is 4.74 Å². The molecule has 1 aliphatic heterocycles. The third kappa shape index (κ3) is 3.67. The number of benzene rings is 1. The van der Waals surface area contributed by atoms with Crippen molar-refractivity contribution in [1.29, 1.82) is 5.41 Å². The molecule has 1 aliphatic rings. The van der Waals surface area contributed by atoms with E-state index in [4.69, 9.17) is 15.3 Å². The summed E-state index contributed by atoms with van der Waals surface area (Å²) in [7, 11) is 0. The molecule has 0 atom stereocenters. The van der Waals surface area contributed by atoms with E-state index >= 15 is 0 Å². The van der Waals surface area contributed by atoms with Gasteiger partial charge in [-0.2, -0.15) is 0 Å². The summed E-state index contributed by atoms with van der Waals surface area (Å²) in [6, 6.07) is 6.84. The number of aliphatic hydroxyl groups is 1. The molecule has 96 valence electrons. The summed E-state index contributed by atoms with van der Waals surface area (Å²) >= 11 is 0. The molecule has 0 bridgehead atoms. The Balaban J connectivity index is 0.000000203. The summed E-state index contributed by atoms with van der Waals surface area (Å²) in [6.07, 6.45) is 0. The number of ether oxygens (including phenoxy) is 2. The molecule has 0 amide bonds. The first-order valence-electron chi connectivity index (χ1n) is 5.20. The van der Waals surface area contributed by atoms with E-state index in [0.717, 1.165) is 0 Å². The van der Waals surface area contributed by atoms with Crippen molar-refractivity contribution in [2.24, 2.45) is 0 Å². The molecule has 2 rings (SSSR count). The van der Waals surface area contributed by atoms with Gasteiger partial charge in [-0.3, -0.25) is 15.0 Å². The molecule has 0 saturated heterocycles. The van der Waals surface area contributed by atoms with Gasteiger partial charge in [0.2, 0.25) is 0 Å². The molecule has 0 saturated carbocycles.